The van der Waals surface area contributed by atoms with Gasteiger partial charge in [-0.25, -0.2) is 0 Å². The topological polar surface area (TPSA) is 86.3 Å². The quantitative estimate of drug-likeness (QED) is 0.240. The van der Waals surface area contributed by atoms with Crippen molar-refractivity contribution < 1.29 is 27.6 Å². The Hall–Kier alpha value is 0.207. The van der Waals surface area contributed by atoms with Gasteiger partial charge in [0.1, 0.15) is 0 Å². The minimum Gasteiger partial charge on any atom is -0.394 e. The highest BCUT2D eigenvalue weighted by atomic mass is 31.2. The average molecular weight is 385 g/mol. The standard InChI is InChI=1S/C15H35NO6PSi/c1-6-19-23(18,20-7-2)11-10-16-12-15(14(5)17)13-24(21-8-3)22-9-4/h14-17H,6-13H2,1-5H3. The lowest BCUT2D eigenvalue weighted by atomic mass is 10.1. The summed E-state index contributed by atoms with van der Waals surface area (Å²) in [4.78, 5) is 0. The zero-order chi connectivity index (χ0) is 18.4. The fourth-order valence-electron chi connectivity index (χ4n) is 2.17. The van der Waals surface area contributed by atoms with Crippen LogP contribution in [0.15, 0.2) is 0 Å². The molecule has 0 spiro atoms. The largest absolute Gasteiger partial charge is 0.394 e. The van der Waals surface area contributed by atoms with Crippen molar-refractivity contribution in [3.8, 4) is 0 Å². The summed E-state index contributed by atoms with van der Waals surface area (Å²) < 4.78 is 34.2. The lowest BCUT2D eigenvalue weighted by Gasteiger charge is -2.24. The molecule has 0 saturated carbocycles. The number of hydrogen-bond donors (Lipinski definition) is 2. The third kappa shape index (κ3) is 10.9. The summed E-state index contributed by atoms with van der Waals surface area (Å²) in [5.41, 5.74) is 0. The van der Waals surface area contributed by atoms with E-state index >= 15 is 0 Å². The molecule has 0 aliphatic heterocycles. The maximum Gasteiger partial charge on any atom is 0.385 e. The molecule has 0 heterocycles. The summed E-state index contributed by atoms with van der Waals surface area (Å²) in [6, 6.07) is 0.700. The van der Waals surface area contributed by atoms with Crippen LogP contribution in [0.25, 0.3) is 0 Å². The van der Waals surface area contributed by atoms with E-state index < -0.39 is 23.0 Å². The zero-order valence-corrected chi connectivity index (χ0v) is 17.6. The van der Waals surface area contributed by atoms with Gasteiger partial charge in [-0.05, 0) is 46.6 Å². The van der Waals surface area contributed by atoms with E-state index in [1.165, 1.54) is 0 Å². The van der Waals surface area contributed by atoms with Crippen LogP contribution in [0.2, 0.25) is 6.04 Å². The summed E-state index contributed by atoms with van der Waals surface area (Å²) in [6.07, 6.45) is -0.153. The highest BCUT2D eigenvalue weighted by Gasteiger charge is 2.26. The molecular formula is C15H35NO6PSi. The van der Waals surface area contributed by atoms with Crippen molar-refractivity contribution in [3.05, 3.63) is 0 Å². The molecule has 0 aromatic heterocycles. The van der Waals surface area contributed by atoms with E-state index in [2.05, 4.69) is 5.32 Å². The molecule has 0 aromatic rings. The molecule has 0 amide bonds. The number of nitrogens with one attached hydrogen (secondary N) is 1. The Kier molecular flexibility index (Phi) is 14.5. The smallest absolute Gasteiger partial charge is 0.385 e. The third-order valence-electron chi connectivity index (χ3n) is 3.34. The van der Waals surface area contributed by atoms with Gasteiger partial charge in [0.25, 0.3) is 0 Å². The van der Waals surface area contributed by atoms with E-state index in [-0.39, 0.29) is 5.92 Å². The van der Waals surface area contributed by atoms with Crippen LogP contribution in [0.4, 0.5) is 0 Å². The van der Waals surface area contributed by atoms with E-state index in [9.17, 15) is 9.67 Å². The first-order chi connectivity index (χ1) is 11.4. The summed E-state index contributed by atoms with van der Waals surface area (Å²) in [6.45, 7) is 12.3. The van der Waals surface area contributed by atoms with Gasteiger partial charge >= 0.3 is 16.9 Å². The second-order valence-electron chi connectivity index (χ2n) is 5.32. The molecular weight excluding hydrogens is 349 g/mol. The summed E-state index contributed by atoms with van der Waals surface area (Å²) in [5.74, 6) is 0.0237. The van der Waals surface area contributed by atoms with Crippen LogP contribution in [-0.4, -0.2) is 66.2 Å². The van der Waals surface area contributed by atoms with Crippen molar-refractivity contribution >= 4 is 16.9 Å². The monoisotopic (exact) mass is 384 g/mol. The molecule has 0 aliphatic rings. The van der Waals surface area contributed by atoms with Crippen molar-refractivity contribution in [2.45, 2.75) is 46.8 Å². The van der Waals surface area contributed by atoms with Gasteiger partial charge in [0, 0.05) is 26.3 Å². The zero-order valence-electron chi connectivity index (χ0n) is 15.7. The first-order valence-electron chi connectivity index (χ1n) is 8.80. The number of aliphatic hydroxyl groups is 1. The molecule has 2 unspecified atom stereocenters. The van der Waals surface area contributed by atoms with Crippen molar-refractivity contribution in [3.63, 3.8) is 0 Å². The number of rotatable bonds is 16. The van der Waals surface area contributed by atoms with Crippen molar-refractivity contribution in [2.75, 3.05) is 45.7 Å². The van der Waals surface area contributed by atoms with Crippen molar-refractivity contribution in [1.82, 2.24) is 5.32 Å². The van der Waals surface area contributed by atoms with Crippen LogP contribution in [0, 0.1) is 5.92 Å². The predicted octanol–water partition coefficient (Wildman–Crippen LogP) is 2.40. The maximum atomic E-state index is 12.4. The van der Waals surface area contributed by atoms with E-state index in [0.717, 1.165) is 0 Å². The normalized spacial score (nSPS) is 15.0. The molecule has 9 heteroatoms. The van der Waals surface area contributed by atoms with Gasteiger partial charge in [-0.15, -0.1) is 0 Å². The van der Waals surface area contributed by atoms with Crippen molar-refractivity contribution in [1.29, 1.82) is 0 Å². The van der Waals surface area contributed by atoms with Gasteiger partial charge in [0.05, 0.1) is 25.5 Å². The minimum atomic E-state index is -3.02. The van der Waals surface area contributed by atoms with Gasteiger partial charge in [-0.3, -0.25) is 4.57 Å². The lowest BCUT2D eigenvalue weighted by molar-refractivity contribution is 0.123. The lowest BCUT2D eigenvalue weighted by Crippen LogP contribution is -2.36. The first kappa shape index (κ1) is 24.2. The predicted molar refractivity (Wildman–Crippen MR) is 97.6 cm³/mol. The summed E-state index contributed by atoms with van der Waals surface area (Å²) in [7, 11) is -4.40. The molecule has 145 valence electrons. The van der Waals surface area contributed by atoms with Crippen LogP contribution < -0.4 is 5.32 Å². The second kappa shape index (κ2) is 14.4. The van der Waals surface area contributed by atoms with Gasteiger partial charge in [-0.1, -0.05) is 0 Å². The van der Waals surface area contributed by atoms with Crippen LogP contribution in [-0.2, 0) is 22.5 Å². The van der Waals surface area contributed by atoms with Crippen LogP contribution in [0.3, 0.4) is 0 Å². The molecule has 0 saturated heterocycles. The second-order valence-corrected chi connectivity index (χ2v) is 9.23. The molecule has 0 fully saturated rings. The van der Waals surface area contributed by atoms with Crippen LogP contribution in [0.5, 0.6) is 0 Å². The molecule has 0 aromatic carbocycles. The van der Waals surface area contributed by atoms with E-state index in [1.54, 1.807) is 20.8 Å². The average Bonchev–Trinajstić information content (AvgIpc) is 2.51. The van der Waals surface area contributed by atoms with Gasteiger partial charge in [0.15, 0.2) is 0 Å². The van der Waals surface area contributed by atoms with E-state index in [1.807, 2.05) is 13.8 Å². The van der Waals surface area contributed by atoms with Gasteiger partial charge in [0.2, 0.25) is 0 Å². The SMILES string of the molecule is CCO[Si](CC(CNCCP(=O)(OCC)OCC)C(C)O)OCC. The molecule has 7 nitrogen and oxygen atoms in total. The molecule has 24 heavy (non-hydrogen) atoms. The van der Waals surface area contributed by atoms with Gasteiger partial charge < -0.3 is 28.3 Å². The molecule has 0 rings (SSSR count). The Morgan fingerprint density at radius 2 is 1.58 bits per heavy atom. The maximum absolute atomic E-state index is 12.4. The summed E-state index contributed by atoms with van der Waals surface area (Å²) in [5, 5.41) is 13.2. The fourth-order valence-corrected chi connectivity index (χ4v) is 5.60. The number of hydrogen-bond acceptors (Lipinski definition) is 7. The Morgan fingerprint density at radius 1 is 1.04 bits per heavy atom. The van der Waals surface area contributed by atoms with Crippen LogP contribution >= 0.6 is 7.60 Å². The number of aliphatic hydroxyl groups excluding tert-OH is 1. The first-order valence-corrected chi connectivity index (χ1v) is 12.1. The Morgan fingerprint density at radius 3 is 2.00 bits per heavy atom. The molecule has 2 atom stereocenters. The third-order valence-corrected chi connectivity index (χ3v) is 7.50. The van der Waals surface area contributed by atoms with Gasteiger partial charge in [-0.2, -0.15) is 0 Å². The highest BCUT2D eigenvalue weighted by molar-refractivity contribution is 7.53. The Labute approximate surface area is 148 Å². The Bertz CT molecular complexity index is 332. The summed E-state index contributed by atoms with van der Waals surface area (Å²) >= 11 is 0. The van der Waals surface area contributed by atoms with Crippen molar-refractivity contribution in [2.24, 2.45) is 5.92 Å². The molecule has 0 aliphatic carbocycles. The molecule has 2 N–H and O–H groups in total. The van der Waals surface area contributed by atoms with E-state index in [4.69, 9.17) is 17.9 Å². The van der Waals surface area contributed by atoms with Crippen LogP contribution in [0.1, 0.15) is 34.6 Å². The fraction of sp³-hybridized carbons (Fsp3) is 1.00. The molecule has 0 bridgehead atoms. The molecule has 1 radical (unpaired) electrons. The minimum absolute atomic E-state index is 0.0237. The van der Waals surface area contributed by atoms with E-state index in [0.29, 0.717) is 51.7 Å². The Balaban J connectivity index is 4.36. The highest BCUT2D eigenvalue weighted by Crippen LogP contribution is 2.47.